The van der Waals surface area contributed by atoms with Gasteiger partial charge < -0.3 is 4.74 Å². The number of sulfonamides is 1. The molecule has 3 aromatic carbocycles. The smallest absolute Gasteiger partial charge is 0.260 e. The molecule has 1 N–H and O–H groups in total. The topological polar surface area (TPSA) is 88.1 Å². The van der Waals surface area contributed by atoms with Crippen LogP contribution in [0.4, 0.5) is 5.69 Å². The fourth-order valence-corrected chi connectivity index (χ4v) is 3.86. The van der Waals surface area contributed by atoms with E-state index in [0.717, 1.165) is 16.1 Å². The second-order valence-electron chi connectivity index (χ2n) is 6.85. The molecule has 0 saturated carbocycles. The van der Waals surface area contributed by atoms with E-state index in [9.17, 15) is 13.2 Å². The normalized spacial score (nSPS) is 11.3. The van der Waals surface area contributed by atoms with Gasteiger partial charge >= 0.3 is 0 Å². The van der Waals surface area contributed by atoms with Crippen molar-refractivity contribution in [1.29, 1.82) is 0 Å². The zero-order valence-corrected chi connectivity index (χ0v) is 18.9. The summed E-state index contributed by atoms with van der Waals surface area (Å²) in [6.45, 7) is -0.0519. The Morgan fingerprint density at radius 1 is 1.06 bits per heavy atom. The Labute approximate surface area is 192 Å². The Hall–Kier alpha value is -3.36. The maximum absolute atomic E-state index is 12.3. The number of carbonyl (C=O) groups is 1. The Morgan fingerprint density at radius 2 is 1.78 bits per heavy atom. The molecular weight excluding hydrogens is 450 g/mol. The molecule has 1 amide bonds. The first kappa shape index (κ1) is 23.3. The van der Waals surface area contributed by atoms with Crippen LogP contribution in [0, 0.1) is 0 Å². The number of hydrazone groups is 1. The highest BCUT2D eigenvalue weighted by atomic mass is 35.5. The molecule has 166 valence electrons. The highest BCUT2D eigenvalue weighted by Gasteiger charge is 2.20. The van der Waals surface area contributed by atoms with Crippen molar-refractivity contribution in [1.82, 2.24) is 5.43 Å². The number of para-hydroxylation sites is 1. The summed E-state index contributed by atoms with van der Waals surface area (Å²) in [7, 11) is -3.71. The van der Waals surface area contributed by atoms with Crippen molar-refractivity contribution in [2.75, 3.05) is 17.1 Å². The average Bonchev–Trinajstić information content (AvgIpc) is 2.77. The third-order valence-corrected chi connectivity index (χ3v) is 5.71. The van der Waals surface area contributed by atoms with Crippen molar-refractivity contribution in [2.24, 2.45) is 5.10 Å². The third kappa shape index (κ3) is 6.83. The van der Waals surface area contributed by atoms with Gasteiger partial charge in [0.1, 0.15) is 18.9 Å². The number of rotatable bonds is 9. The first-order valence-electron chi connectivity index (χ1n) is 9.64. The molecule has 0 aromatic heterocycles. The van der Waals surface area contributed by atoms with Gasteiger partial charge in [-0.3, -0.25) is 9.10 Å². The summed E-state index contributed by atoms with van der Waals surface area (Å²) in [4.78, 5) is 12.3. The molecule has 0 saturated heterocycles. The summed E-state index contributed by atoms with van der Waals surface area (Å²) in [5.74, 6) is 0.000350. The van der Waals surface area contributed by atoms with Crippen molar-refractivity contribution in [3.63, 3.8) is 0 Å². The van der Waals surface area contributed by atoms with E-state index in [1.54, 1.807) is 30.3 Å². The van der Waals surface area contributed by atoms with E-state index < -0.39 is 22.5 Å². The predicted octanol–water partition coefficient (Wildman–Crippen LogP) is 3.84. The molecule has 0 fully saturated rings. The molecule has 0 spiro atoms. The van der Waals surface area contributed by atoms with E-state index in [2.05, 4.69) is 10.5 Å². The Bertz CT molecular complexity index is 1200. The number of anilines is 1. The van der Waals surface area contributed by atoms with Gasteiger partial charge in [0.05, 0.1) is 18.2 Å². The summed E-state index contributed by atoms with van der Waals surface area (Å²) in [5.41, 5.74) is 4.33. The third-order valence-electron chi connectivity index (χ3n) is 4.33. The van der Waals surface area contributed by atoms with E-state index in [4.69, 9.17) is 16.3 Å². The van der Waals surface area contributed by atoms with E-state index in [-0.39, 0.29) is 0 Å². The minimum absolute atomic E-state index is 0.291. The predicted molar refractivity (Wildman–Crippen MR) is 127 cm³/mol. The summed E-state index contributed by atoms with van der Waals surface area (Å²) in [6.07, 6.45) is 2.47. The molecule has 3 rings (SSSR count). The standard InChI is InChI=1S/C23H22ClN3O4S/c1-32(29,30)27(21-12-7-11-20(24)14-21)16-23(28)26-25-15-19-10-5-6-13-22(19)31-17-18-8-3-2-4-9-18/h2-15H,16-17H2,1H3,(H,26,28)/b25-15-. The van der Waals surface area contributed by atoms with Gasteiger partial charge in [-0.05, 0) is 35.9 Å². The molecular formula is C23H22ClN3O4S. The number of halogens is 1. The molecule has 0 bridgehead atoms. The summed E-state index contributed by atoms with van der Waals surface area (Å²) >= 11 is 5.95. The van der Waals surface area contributed by atoms with Crippen molar-refractivity contribution < 1.29 is 17.9 Å². The quantitative estimate of drug-likeness (QED) is 0.379. The lowest BCUT2D eigenvalue weighted by Gasteiger charge is -2.21. The second-order valence-corrected chi connectivity index (χ2v) is 9.20. The largest absolute Gasteiger partial charge is 0.488 e. The number of ether oxygens (including phenoxy) is 1. The lowest BCUT2D eigenvalue weighted by atomic mass is 10.2. The highest BCUT2D eigenvalue weighted by molar-refractivity contribution is 7.92. The van der Waals surface area contributed by atoms with Crippen LogP contribution in [0.1, 0.15) is 11.1 Å². The first-order chi connectivity index (χ1) is 15.3. The van der Waals surface area contributed by atoms with Crippen LogP contribution < -0.4 is 14.5 Å². The van der Waals surface area contributed by atoms with Gasteiger partial charge in [-0.1, -0.05) is 60.1 Å². The van der Waals surface area contributed by atoms with Crippen LogP contribution in [0.5, 0.6) is 5.75 Å². The van der Waals surface area contributed by atoms with Gasteiger partial charge in [-0.25, -0.2) is 13.8 Å². The van der Waals surface area contributed by atoms with Crippen molar-refractivity contribution >= 4 is 39.4 Å². The van der Waals surface area contributed by atoms with Crippen molar-refractivity contribution in [2.45, 2.75) is 6.61 Å². The number of benzene rings is 3. The highest BCUT2D eigenvalue weighted by Crippen LogP contribution is 2.21. The van der Waals surface area contributed by atoms with Crippen LogP contribution >= 0.6 is 11.6 Å². The van der Waals surface area contributed by atoms with E-state index >= 15 is 0 Å². The number of hydrogen-bond donors (Lipinski definition) is 1. The van der Waals surface area contributed by atoms with Crippen molar-refractivity contribution in [3.8, 4) is 5.75 Å². The maximum atomic E-state index is 12.3. The summed E-state index contributed by atoms with van der Waals surface area (Å²) < 4.78 is 31.1. The zero-order valence-electron chi connectivity index (χ0n) is 17.3. The molecule has 0 unspecified atom stereocenters. The summed E-state index contributed by atoms with van der Waals surface area (Å²) in [6, 6.07) is 23.2. The molecule has 0 aliphatic rings. The molecule has 0 radical (unpaired) electrons. The molecule has 0 atom stereocenters. The van der Waals surface area contributed by atoms with Gasteiger partial charge in [0, 0.05) is 10.6 Å². The van der Waals surface area contributed by atoms with Crippen molar-refractivity contribution in [3.05, 3.63) is 95.0 Å². The molecule has 3 aromatic rings. The molecule has 32 heavy (non-hydrogen) atoms. The van der Waals surface area contributed by atoms with Crippen LogP contribution in [0.15, 0.2) is 84.0 Å². The van der Waals surface area contributed by atoms with Gasteiger partial charge in [-0.2, -0.15) is 5.10 Å². The van der Waals surface area contributed by atoms with Crippen LogP contribution in [-0.4, -0.2) is 33.3 Å². The van der Waals surface area contributed by atoms with E-state index in [1.165, 1.54) is 12.3 Å². The van der Waals surface area contributed by atoms with Crippen LogP contribution in [0.3, 0.4) is 0 Å². The van der Waals surface area contributed by atoms with Crippen LogP contribution in [0.25, 0.3) is 0 Å². The fraction of sp³-hybridized carbons (Fsp3) is 0.130. The van der Waals surface area contributed by atoms with Crippen LogP contribution in [0.2, 0.25) is 5.02 Å². The number of nitrogens with zero attached hydrogens (tertiary/aromatic N) is 2. The number of hydrogen-bond acceptors (Lipinski definition) is 5. The minimum atomic E-state index is -3.71. The molecule has 0 heterocycles. The SMILES string of the molecule is CS(=O)(=O)N(CC(=O)N/N=C\c1ccccc1OCc1ccccc1)c1cccc(Cl)c1. The van der Waals surface area contributed by atoms with Gasteiger partial charge in [0.25, 0.3) is 5.91 Å². The minimum Gasteiger partial charge on any atom is -0.488 e. The zero-order chi connectivity index (χ0) is 23.0. The van der Waals surface area contributed by atoms with Crippen LogP contribution in [-0.2, 0) is 21.4 Å². The molecule has 0 aliphatic heterocycles. The summed E-state index contributed by atoms with van der Waals surface area (Å²) in [5, 5.41) is 4.31. The fourth-order valence-electron chi connectivity index (χ4n) is 2.82. The average molecular weight is 472 g/mol. The first-order valence-corrected chi connectivity index (χ1v) is 11.9. The van der Waals surface area contributed by atoms with E-state index in [0.29, 0.717) is 28.6 Å². The van der Waals surface area contributed by atoms with Gasteiger partial charge in [0.15, 0.2) is 0 Å². The van der Waals surface area contributed by atoms with Gasteiger partial charge in [-0.15, -0.1) is 0 Å². The lowest BCUT2D eigenvalue weighted by Crippen LogP contribution is -2.39. The molecule has 0 aliphatic carbocycles. The Kier molecular flexibility index (Phi) is 7.86. The Morgan fingerprint density at radius 3 is 2.50 bits per heavy atom. The maximum Gasteiger partial charge on any atom is 0.260 e. The molecule has 7 nitrogen and oxygen atoms in total. The van der Waals surface area contributed by atoms with E-state index in [1.807, 2.05) is 42.5 Å². The number of amides is 1. The lowest BCUT2D eigenvalue weighted by molar-refractivity contribution is -0.119. The molecule has 9 heteroatoms. The number of carbonyl (C=O) groups excluding carboxylic acids is 1. The second kappa shape index (κ2) is 10.8. The monoisotopic (exact) mass is 471 g/mol. The Balaban J connectivity index is 1.64. The number of nitrogens with one attached hydrogen (secondary N) is 1. The van der Waals surface area contributed by atoms with Gasteiger partial charge in [0.2, 0.25) is 10.0 Å².